The number of methoxy groups -OCH3 is 2. The van der Waals surface area contributed by atoms with Gasteiger partial charge in [-0.05, 0) is 74.0 Å². The summed E-state index contributed by atoms with van der Waals surface area (Å²) in [7, 11) is 3.42. The Morgan fingerprint density at radius 2 is 1.61 bits per heavy atom. The summed E-state index contributed by atoms with van der Waals surface area (Å²) in [5.41, 5.74) is 2.49. The Morgan fingerprint density at radius 3 is 2.23 bits per heavy atom. The zero-order valence-electron chi connectivity index (χ0n) is 19.1. The van der Waals surface area contributed by atoms with Crippen LogP contribution in [0.2, 0.25) is 0 Å². The van der Waals surface area contributed by atoms with Gasteiger partial charge < -0.3 is 14.4 Å². The Hall–Kier alpha value is -2.11. The van der Waals surface area contributed by atoms with E-state index >= 15 is 0 Å². The molecular formula is C26H37N3O2. The molecule has 1 aliphatic heterocycles. The number of likely N-dealkylation sites (tertiary alicyclic amines) is 1. The highest BCUT2D eigenvalue weighted by atomic mass is 16.5. The van der Waals surface area contributed by atoms with E-state index in [0.29, 0.717) is 0 Å². The van der Waals surface area contributed by atoms with Gasteiger partial charge in [0.25, 0.3) is 0 Å². The molecule has 1 aromatic carbocycles. The molecule has 2 heterocycles. The van der Waals surface area contributed by atoms with Gasteiger partial charge in [-0.25, -0.2) is 0 Å². The van der Waals surface area contributed by atoms with Crippen LogP contribution >= 0.6 is 0 Å². The van der Waals surface area contributed by atoms with E-state index in [0.717, 1.165) is 43.1 Å². The molecule has 168 valence electrons. The first kappa shape index (κ1) is 22.1. The Labute approximate surface area is 187 Å². The van der Waals surface area contributed by atoms with Gasteiger partial charge in [-0.1, -0.05) is 18.9 Å². The van der Waals surface area contributed by atoms with Gasteiger partial charge in [0.05, 0.1) is 14.2 Å². The number of piperidine rings is 1. The van der Waals surface area contributed by atoms with Crippen LogP contribution in [0.25, 0.3) is 0 Å². The van der Waals surface area contributed by atoms with E-state index in [-0.39, 0.29) is 0 Å². The van der Waals surface area contributed by atoms with Crippen molar-refractivity contribution in [2.75, 3.05) is 33.9 Å². The van der Waals surface area contributed by atoms with E-state index in [9.17, 15) is 0 Å². The first-order chi connectivity index (χ1) is 15.2. The lowest BCUT2D eigenvalue weighted by molar-refractivity contribution is 0.106. The van der Waals surface area contributed by atoms with Gasteiger partial charge in [0.15, 0.2) is 0 Å². The standard InChI is InChI=1S/C26H37N3O2/c1-30-25-14-23(15-26(16-25)31-2)20-28(19-22-6-5-11-27-17-22)18-21-9-12-29(13-10-21)24-7-3-4-8-24/h5-6,11,14-17,21,24H,3-4,7-10,12-13,18-20H2,1-2H3. The predicted octanol–water partition coefficient (Wildman–Crippen LogP) is 4.76. The summed E-state index contributed by atoms with van der Waals surface area (Å²) in [5.74, 6) is 2.45. The first-order valence-corrected chi connectivity index (χ1v) is 11.8. The summed E-state index contributed by atoms with van der Waals surface area (Å²) < 4.78 is 11.0. The van der Waals surface area contributed by atoms with E-state index < -0.39 is 0 Å². The summed E-state index contributed by atoms with van der Waals surface area (Å²) in [6.07, 6.45) is 12.1. The molecular weight excluding hydrogens is 386 g/mol. The lowest BCUT2D eigenvalue weighted by Crippen LogP contribution is -2.42. The number of aromatic nitrogens is 1. The fraction of sp³-hybridized carbons (Fsp3) is 0.577. The highest BCUT2D eigenvalue weighted by molar-refractivity contribution is 5.38. The van der Waals surface area contributed by atoms with Gasteiger partial charge in [0, 0.05) is 44.1 Å². The molecule has 5 heteroatoms. The molecule has 5 nitrogen and oxygen atoms in total. The summed E-state index contributed by atoms with van der Waals surface area (Å²) in [5, 5.41) is 0. The maximum atomic E-state index is 5.49. The molecule has 2 aliphatic rings. The minimum absolute atomic E-state index is 0.752. The molecule has 0 radical (unpaired) electrons. The normalized spacial score (nSPS) is 18.5. The molecule has 1 saturated heterocycles. The van der Waals surface area contributed by atoms with Gasteiger partial charge in [-0.15, -0.1) is 0 Å². The van der Waals surface area contributed by atoms with Gasteiger partial charge >= 0.3 is 0 Å². The fourth-order valence-electron chi connectivity index (χ4n) is 5.29. The van der Waals surface area contributed by atoms with Crippen LogP contribution in [0.5, 0.6) is 11.5 Å². The zero-order chi connectivity index (χ0) is 21.5. The van der Waals surface area contributed by atoms with E-state index in [4.69, 9.17) is 9.47 Å². The molecule has 0 bridgehead atoms. The number of nitrogens with zero attached hydrogens (tertiary/aromatic N) is 3. The minimum Gasteiger partial charge on any atom is -0.497 e. The zero-order valence-corrected chi connectivity index (χ0v) is 19.1. The molecule has 1 aliphatic carbocycles. The first-order valence-electron chi connectivity index (χ1n) is 11.8. The molecule has 1 saturated carbocycles. The summed E-state index contributed by atoms with van der Waals surface area (Å²) in [6, 6.07) is 11.3. The number of hydrogen-bond donors (Lipinski definition) is 0. The number of ether oxygens (including phenoxy) is 2. The molecule has 2 aromatic rings. The number of pyridine rings is 1. The smallest absolute Gasteiger partial charge is 0.122 e. The molecule has 4 rings (SSSR count). The third kappa shape index (κ3) is 6.20. The van der Waals surface area contributed by atoms with Gasteiger partial charge in [0.1, 0.15) is 11.5 Å². The molecule has 1 aromatic heterocycles. The average molecular weight is 424 g/mol. The van der Waals surface area contributed by atoms with Crippen molar-refractivity contribution in [1.82, 2.24) is 14.8 Å². The van der Waals surface area contributed by atoms with Crippen molar-refractivity contribution < 1.29 is 9.47 Å². The highest BCUT2D eigenvalue weighted by Crippen LogP contribution is 2.29. The quantitative estimate of drug-likeness (QED) is 0.582. The lowest BCUT2D eigenvalue weighted by atomic mass is 9.94. The predicted molar refractivity (Wildman–Crippen MR) is 124 cm³/mol. The molecule has 0 amide bonds. The van der Waals surface area contributed by atoms with E-state index in [1.807, 2.05) is 24.5 Å². The van der Waals surface area contributed by atoms with Crippen molar-refractivity contribution >= 4 is 0 Å². The summed E-state index contributed by atoms with van der Waals surface area (Å²) in [4.78, 5) is 9.66. The molecule has 0 N–H and O–H groups in total. The maximum absolute atomic E-state index is 5.49. The Bertz CT molecular complexity index is 777. The second-order valence-electron chi connectivity index (χ2n) is 9.17. The minimum atomic E-state index is 0.752. The van der Waals surface area contributed by atoms with Crippen molar-refractivity contribution in [3.8, 4) is 11.5 Å². The van der Waals surface area contributed by atoms with Crippen LogP contribution in [0.15, 0.2) is 42.7 Å². The topological polar surface area (TPSA) is 37.8 Å². The fourth-order valence-corrected chi connectivity index (χ4v) is 5.29. The lowest BCUT2D eigenvalue weighted by Gasteiger charge is -2.38. The van der Waals surface area contributed by atoms with E-state index in [1.54, 1.807) is 14.2 Å². The summed E-state index contributed by atoms with van der Waals surface area (Å²) in [6.45, 7) is 5.44. The summed E-state index contributed by atoms with van der Waals surface area (Å²) >= 11 is 0. The van der Waals surface area contributed by atoms with Crippen LogP contribution in [-0.4, -0.2) is 54.7 Å². The van der Waals surface area contributed by atoms with Crippen molar-refractivity contribution in [1.29, 1.82) is 0 Å². The molecule has 0 unspecified atom stereocenters. The largest absolute Gasteiger partial charge is 0.497 e. The second-order valence-corrected chi connectivity index (χ2v) is 9.17. The van der Waals surface area contributed by atoms with Crippen LogP contribution in [0, 0.1) is 5.92 Å². The van der Waals surface area contributed by atoms with Crippen molar-refractivity contribution in [2.45, 2.75) is 57.7 Å². The Kier molecular flexibility index (Phi) is 7.81. The van der Waals surface area contributed by atoms with Gasteiger partial charge in [-0.3, -0.25) is 9.88 Å². The van der Waals surface area contributed by atoms with Crippen LogP contribution in [0.4, 0.5) is 0 Å². The third-order valence-electron chi connectivity index (χ3n) is 6.95. The maximum Gasteiger partial charge on any atom is 0.122 e. The monoisotopic (exact) mass is 423 g/mol. The van der Waals surface area contributed by atoms with Crippen molar-refractivity contribution in [3.05, 3.63) is 53.9 Å². The van der Waals surface area contributed by atoms with Gasteiger partial charge in [-0.2, -0.15) is 0 Å². The number of rotatable bonds is 9. The Morgan fingerprint density at radius 1 is 0.935 bits per heavy atom. The molecule has 2 fully saturated rings. The highest BCUT2D eigenvalue weighted by Gasteiger charge is 2.28. The molecule has 0 spiro atoms. The van der Waals surface area contributed by atoms with Crippen molar-refractivity contribution in [3.63, 3.8) is 0 Å². The SMILES string of the molecule is COc1cc(CN(Cc2cccnc2)CC2CCN(C3CCCC3)CC2)cc(OC)c1. The Balaban J connectivity index is 1.42. The van der Waals surface area contributed by atoms with Crippen LogP contribution in [-0.2, 0) is 13.1 Å². The van der Waals surface area contributed by atoms with E-state index in [2.05, 4.69) is 33.0 Å². The number of hydrogen-bond acceptors (Lipinski definition) is 5. The van der Waals surface area contributed by atoms with Crippen LogP contribution < -0.4 is 9.47 Å². The van der Waals surface area contributed by atoms with Crippen LogP contribution in [0.3, 0.4) is 0 Å². The second kappa shape index (κ2) is 11.0. The van der Waals surface area contributed by atoms with Crippen LogP contribution in [0.1, 0.15) is 49.7 Å². The average Bonchev–Trinajstić information content (AvgIpc) is 3.35. The molecule has 0 atom stereocenters. The number of benzene rings is 1. The van der Waals surface area contributed by atoms with Crippen molar-refractivity contribution in [2.24, 2.45) is 5.92 Å². The van der Waals surface area contributed by atoms with Gasteiger partial charge in [0.2, 0.25) is 0 Å². The van der Waals surface area contributed by atoms with E-state index in [1.165, 1.54) is 62.7 Å². The molecule has 31 heavy (non-hydrogen) atoms. The third-order valence-corrected chi connectivity index (χ3v) is 6.95.